The zero-order chi connectivity index (χ0) is 29.9. The minimum absolute atomic E-state index is 0.00918. The number of rotatable bonds is 10. The van der Waals surface area contributed by atoms with Crippen LogP contribution in [0.4, 0.5) is 13.2 Å². The van der Waals surface area contributed by atoms with E-state index < -0.39 is 23.1 Å². The summed E-state index contributed by atoms with van der Waals surface area (Å²) in [4.78, 5) is 27.6. The molecule has 0 bridgehead atoms. The second-order valence-corrected chi connectivity index (χ2v) is 10.8. The summed E-state index contributed by atoms with van der Waals surface area (Å²) in [5.74, 6) is -0.218. The van der Waals surface area contributed by atoms with E-state index in [4.69, 9.17) is 32.7 Å². The van der Waals surface area contributed by atoms with Gasteiger partial charge in [-0.05, 0) is 85.3 Å². The highest BCUT2D eigenvalue weighted by atomic mass is 35.5. The third kappa shape index (κ3) is 6.65. The van der Waals surface area contributed by atoms with Gasteiger partial charge in [-0.25, -0.2) is 0 Å². The number of halogens is 5. The lowest BCUT2D eigenvalue weighted by Crippen LogP contribution is -2.39. The Morgan fingerprint density at radius 3 is 2.29 bits per heavy atom. The van der Waals surface area contributed by atoms with Gasteiger partial charge in [-0.15, -0.1) is 0 Å². The lowest BCUT2D eigenvalue weighted by atomic mass is 9.92. The molecule has 1 saturated carbocycles. The van der Waals surface area contributed by atoms with Crippen LogP contribution in [0, 0.1) is 0 Å². The molecule has 10 heteroatoms. The van der Waals surface area contributed by atoms with Crippen molar-refractivity contribution in [1.82, 2.24) is 4.90 Å². The molecule has 0 N–H and O–H groups in total. The zero-order valence-electron chi connectivity index (χ0n) is 22.9. The van der Waals surface area contributed by atoms with Crippen LogP contribution in [0.3, 0.4) is 0 Å². The minimum Gasteiger partial charge on any atom is -0.496 e. The van der Waals surface area contributed by atoms with Crippen LogP contribution in [-0.4, -0.2) is 37.0 Å². The lowest BCUT2D eigenvalue weighted by Gasteiger charge is -2.28. The fraction of sp³-hybridized carbons (Fsp3) is 0.355. The number of carbonyl (C=O) groups is 2. The number of hydrogen-bond donors (Lipinski definition) is 0. The van der Waals surface area contributed by atoms with Crippen molar-refractivity contribution in [3.63, 3.8) is 0 Å². The Balaban J connectivity index is 1.77. The van der Waals surface area contributed by atoms with Gasteiger partial charge in [0.2, 0.25) is 5.91 Å². The number of esters is 1. The maximum atomic E-state index is 13.9. The molecule has 1 amide bonds. The molecule has 0 unspecified atom stereocenters. The third-order valence-electron chi connectivity index (χ3n) is 7.28. The van der Waals surface area contributed by atoms with Crippen LogP contribution < -0.4 is 4.74 Å². The van der Waals surface area contributed by atoms with Gasteiger partial charge >= 0.3 is 12.1 Å². The fourth-order valence-corrected chi connectivity index (χ4v) is 5.64. The molecule has 3 aromatic carbocycles. The van der Waals surface area contributed by atoms with Crippen molar-refractivity contribution in [2.45, 2.75) is 51.2 Å². The smallest absolute Gasteiger partial charge is 0.416 e. The Morgan fingerprint density at radius 2 is 1.71 bits per heavy atom. The Labute approximate surface area is 247 Å². The monoisotopic (exact) mass is 607 g/mol. The Morgan fingerprint density at radius 1 is 0.976 bits per heavy atom. The normalized spacial score (nSPS) is 14.0. The average molecular weight is 608 g/mol. The topological polar surface area (TPSA) is 55.8 Å². The first-order valence-electron chi connectivity index (χ1n) is 13.2. The van der Waals surface area contributed by atoms with Crippen LogP contribution in [0.25, 0.3) is 11.1 Å². The summed E-state index contributed by atoms with van der Waals surface area (Å²) >= 11 is 12.5. The van der Waals surface area contributed by atoms with Gasteiger partial charge in [0.05, 0.1) is 31.1 Å². The number of carbonyl (C=O) groups excluding carboxylic acids is 2. The van der Waals surface area contributed by atoms with E-state index in [1.807, 2.05) is 0 Å². The molecule has 0 aliphatic heterocycles. The molecule has 0 aromatic heterocycles. The van der Waals surface area contributed by atoms with Crippen molar-refractivity contribution in [3.05, 3.63) is 86.9 Å². The number of methoxy groups -OCH3 is 1. The number of hydrogen-bond acceptors (Lipinski definition) is 4. The maximum Gasteiger partial charge on any atom is 0.416 e. The third-order valence-corrected chi connectivity index (χ3v) is 7.82. The first-order valence-corrected chi connectivity index (χ1v) is 14.0. The highest BCUT2D eigenvalue weighted by Crippen LogP contribution is 2.52. The number of alkyl halides is 3. The molecule has 41 heavy (non-hydrogen) atoms. The van der Waals surface area contributed by atoms with E-state index in [-0.39, 0.29) is 32.0 Å². The van der Waals surface area contributed by atoms with Crippen LogP contribution in [0.15, 0.2) is 54.6 Å². The molecule has 0 atom stereocenters. The number of likely N-dealkylation sites (N-methyl/N-ethyl adjacent to an activating group) is 1. The van der Waals surface area contributed by atoms with Gasteiger partial charge in [-0.3, -0.25) is 9.59 Å². The Kier molecular flexibility index (Phi) is 9.24. The van der Waals surface area contributed by atoms with Gasteiger partial charge in [0.1, 0.15) is 5.75 Å². The summed E-state index contributed by atoms with van der Waals surface area (Å²) in [7, 11) is 1.46. The van der Waals surface area contributed by atoms with E-state index in [0.29, 0.717) is 56.5 Å². The van der Waals surface area contributed by atoms with Gasteiger partial charge in [-0.1, -0.05) is 41.4 Å². The van der Waals surface area contributed by atoms with E-state index in [9.17, 15) is 22.8 Å². The quantitative estimate of drug-likeness (QED) is 0.220. The summed E-state index contributed by atoms with van der Waals surface area (Å²) in [6.07, 6.45) is -3.45. The van der Waals surface area contributed by atoms with E-state index >= 15 is 0 Å². The molecular weight excluding hydrogens is 578 g/mol. The van der Waals surface area contributed by atoms with Gasteiger partial charge in [0.25, 0.3) is 0 Å². The number of nitrogens with zero attached hydrogens (tertiary/aromatic N) is 1. The molecule has 1 aliphatic rings. The largest absolute Gasteiger partial charge is 0.496 e. The van der Waals surface area contributed by atoms with Crippen molar-refractivity contribution in [2.75, 3.05) is 20.3 Å². The standard InChI is InChI=1S/C31H30Cl2F3NO4/c1-4-37(29(39)30(12-13-30)25-10-8-22(32)17-26(25)33)18-20-16-21(31(34,35)36)7-9-23(20)24-14-19(6-11-27(24)40-3)15-28(38)41-5-2/h6-11,14,16-17H,4-5,12-13,15,18H2,1-3H3. The number of amides is 1. The van der Waals surface area contributed by atoms with Crippen LogP contribution in [0.5, 0.6) is 5.75 Å². The van der Waals surface area contributed by atoms with Crippen LogP contribution in [0.2, 0.25) is 10.0 Å². The van der Waals surface area contributed by atoms with Gasteiger partial charge < -0.3 is 14.4 Å². The predicted octanol–water partition coefficient (Wildman–Crippen LogP) is 7.87. The van der Waals surface area contributed by atoms with Crippen molar-refractivity contribution < 1.29 is 32.2 Å². The maximum absolute atomic E-state index is 13.9. The summed E-state index contributed by atoms with van der Waals surface area (Å²) in [6, 6.07) is 13.5. The van der Waals surface area contributed by atoms with Crippen LogP contribution in [0.1, 0.15) is 48.9 Å². The summed E-state index contributed by atoms with van der Waals surface area (Å²) in [5, 5.41) is 0.824. The van der Waals surface area contributed by atoms with Crippen LogP contribution in [-0.2, 0) is 38.9 Å². The van der Waals surface area contributed by atoms with E-state index in [2.05, 4.69) is 0 Å². The molecule has 0 heterocycles. The van der Waals surface area contributed by atoms with E-state index in [1.165, 1.54) is 13.2 Å². The van der Waals surface area contributed by atoms with Crippen molar-refractivity contribution in [1.29, 1.82) is 0 Å². The molecular formula is C31H30Cl2F3NO4. The zero-order valence-corrected chi connectivity index (χ0v) is 24.4. The minimum atomic E-state index is -4.58. The van der Waals surface area contributed by atoms with Crippen LogP contribution >= 0.6 is 23.2 Å². The highest BCUT2D eigenvalue weighted by molar-refractivity contribution is 6.35. The van der Waals surface area contributed by atoms with Crippen molar-refractivity contribution in [2.24, 2.45) is 0 Å². The molecule has 1 aliphatic carbocycles. The van der Waals surface area contributed by atoms with Gasteiger partial charge in [-0.2, -0.15) is 13.2 Å². The summed E-state index contributed by atoms with van der Waals surface area (Å²) in [5.41, 5.74) is 0.844. The summed E-state index contributed by atoms with van der Waals surface area (Å²) < 4.78 is 52.1. The second kappa shape index (κ2) is 12.3. The molecule has 0 saturated heterocycles. The molecule has 218 valence electrons. The summed E-state index contributed by atoms with van der Waals surface area (Å²) in [6.45, 7) is 3.91. The molecule has 0 radical (unpaired) electrons. The van der Waals surface area contributed by atoms with Crippen molar-refractivity contribution in [3.8, 4) is 16.9 Å². The Bertz CT molecular complexity index is 1450. The number of ether oxygens (including phenoxy) is 2. The number of benzene rings is 3. The van der Waals surface area contributed by atoms with Gasteiger partial charge in [0.15, 0.2) is 0 Å². The molecule has 3 aromatic rings. The average Bonchev–Trinajstić information content (AvgIpc) is 3.72. The second-order valence-electron chi connectivity index (χ2n) is 9.91. The lowest BCUT2D eigenvalue weighted by molar-refractivity contribution is -0.142. The molecule has 5 nitrogen and oxygen atoms in total. The Hall–Kier alpha value is -3.23. The first-order chi connectivity index (χ1) is 19.4. The van der Waals surface area contributed by atoms with E-state index in [0.717, 1.165) is 12.1 Å². The molecule has 4 rings (SSSR count). The SMILES string of the molecule is CCOC(=O)Cc1ccc(OC)c(-c2ccc(C(F)(F)F)cc2CN(CC)C(=O)C2(c3ccc(Cl)cc3Cl)CC2)c1. The molecule has 0 spiro atoms. The van der Waals surface area contributed by atoms with Gasteiger partial charge in [0, 0.05) is 28.7 Å². The van der Waals surface area contributed by atoms with E-state index in [1.54, 1.807) is 55.1 Å². The molecule has 1 fully saturated rings. The highest BCUT2D eigenvalue weighted by Gasteiger charge is 2.54. The predicted molar refractivity (Wildman–Crippen MR) is 152 cm³/mol. The fourth-order valence-electron chi connectivity index (χ4n) is 5.05. The van der Waals surface area contributed by atoms with Crippen molar-refractivity contribution >= 4 is 35.1 Å². The first kappa shape index (κ1) is 30.7.